The Kier molecular flexibility index (Phi) is 5.20. The quantitative estimate of drug-likeness (QED) is 0.594. The van der Waals surface area contributed by atoms with Crippen LogP contribution in [0.15, 0.2) is 53.4 Å². The first-order chi connectivity index (χ1) is 12.4. The number of carbonyl (C=O) groups is 2. The molecule has 0 aromatic heterocycles. The van der Waals surface area contributed by atoms with Gasteiger partial charge in [0.25, 0.3) is 0 Å². The number of rotatable bonds is 5. The number of nitrogens with zero attached hydrogens (tertiary/aromatic N) is 2. The first kappa shape index (κ1) is 18.3. The van der Waals surface area contributed by atoms with Gasteiger partial charge in [-0.05, 0) is 37.3 Å². The van der Waals surface area contributed by atoms with Gasteiger partial charge in [0.2, 0.25) is 10.0 Å². The second kappa shape index (κ2) is 7.39. The number of hydrogen-bond acceptors (Lipinski definition) is 5. The van der Waals surface area contributed by atoms with E-state index in [9.17, 15) is 18.0 Å². The average Bonchev–Trinajstić information content (AvgIpc) is 2.68. The van der Waals surface area contributed by atoms with E-state index in [0.717, 1.165) is 5.69 Å². The largest absolute Gasteiger partial charge is 0.369 e. The molecular weight excluding hydrogens is 352 g/mol. The summed E-state index contributed by atoms with van der Waals surface area (Å²) in [4.78, 5) is 24.7. The van der Waals surface area contributed by atoms with Crippen LogP contribution in [0.4, 0.5) is 5.69 Å². The second-order valence-corrected chi connectivity index (χ2v) is 8.06. The lowest BCUT2D eigenvalue weighted by Crippen LogP contribution is -2.48. The average molecular weight is 372 g/mol. The summed E-state index contributed by atoms with van der Waals surface area (Å²) in [6.45, 7) is 3.29. The smallest absolute Gasteiger partial charge is 0.243 e. The molecule has 3 rings (SSSR count). The van der Waals surface area contributed by atoms with Crippen molar-refractivity contribution in [2.45, 2.75) is 11.8 Å². The number of hydrogen-bond donors (Lipinski definition) is 0. The van der Waals surface area contributed by atoms with Gasteiger partial charge in [-0.3, -0.25) is 9.59 Å². The van der Waals surface area contributed by atoms with Crippen LogP contribution in [0.2, 0.25) is 0 Å². The molecule has 0 unspecified atom stereocenters. The molecule has 1 heterocycles. The Morgan fingerprint density at radius 1 is 0.962 bits per heavy atom. The molecule has 0 N–H and O–H groups in total. The molecule has 0 amide bonds. The molecule has 136 valence electrons. The van der Waals surface area contributed by atoms with E-state index in [1.807, 2.05) is 12.1 Å². The molecular formula is C19H20N2O4S. The number of aldehydes is 1. The van der Waals surface area contributed by atoms with Crippen LogP contribution in [0.3, 0.4) is 0 Å². The second-order valence-electron chi connectivity index (χ2n) is 6.15. The van der Waals surface area contributed by atoms with Gasteiger partial charge in [-0.25, -0.2) is 8.42 Å². The summed E-state index contributed by atoms with van der Waals surface area (Å²) in [5.74, 6) is 0.0151. The SMILES string of the molecule is CC(=O)c1ccc(N2CCN(S(=O)(=O)c3ccccc3C=O)CC2)cc1. The Morgan fingerprint density at radius 2 is 1.58 bits per heavy atom. The Hall–Kier alpha value is -2.51. The summed E-state index contributed by atoms with van der Waals surface area (Å²) in [7, 11) is -3.70. The highest BCUT2D eigenvalue weighted by atomic mass is 32.2. The molecule has 0 aliphatic carbocycles. The number of ketones is 1. The highest BCUT2D eigenvalue weighted by Crippen LogP contribution is 2.23. The van der Waals surface area contributed by atoms with Gasteiger partial charge in [0, 0.05) is 43.0 Å². The molecule has 1 fully saturated rings. The third-order valence-corrected chi connectivity index (χ3v) is 6.51. The summed E-state index contributed by atoms with van der Waals surface area (Å²) in [5.41, 5.74) is 1.79. The van der Waals surface area contributed by atoms with E-state index in [4.69, 9.17) is 0 Å². The zero-order valence-corrected chi connectivity index (χ0v) is 15.3. The van der Waals surface area contributed by atoms with E-state index in [0.29, 0.717) is 38.0 Å². The zero-order valence-electron chi connectivity index (χ0n) is 14.5. The molecule has 0 saturated carbocycles. The number of carbonyl (C=O) groups excluding carboxylic acids is 2. The van der Waals surface area contributed by atoms with Crippen molar-refractivity contribution in [1.29, 1.82) is 0 Å². The van der Waals surface area contributed by atoms with Crippen LogP contribution in [-0.4, -0.2) is 51.0 Å². The molecule has 1 saturated heterocycles. The fourth-order valence-electron chi connectivity index (χ4n) is 3.05. The predicted molar refractivity (Wildman–Crippen MR) is 99.2 cm³/mol. The Balaban J connectivity index is 1.73. The third-order valence-electron chi connectivity index (χ3n) is 4.54. The molecule has 2 aromatic rings. The first-order valence-corrected chi connectivity index (χ1v) is 9.78. The van der Waals surface area contributed by atoms with E-state index in [1.165, 1.54) is 23.4 Å². The van der Waals surface area contributed by atoms with Gasteiger partial charge < -0.3 is 4.90 Å². The Labute approximate surface area is 153 Å². The van der Waals surface area contributed by atoms with Crippen molar-refractivity contribution in [3.8, 4) is 0 Å². The van der Waals surface area contributed by atoms with E-state index in [2.05, 4.69) is 4.90 Å². The third kappa shape index (κ3) is 3.54. The van der Waals surface area contributed by atoms with E-state index in [-0.39, 0.29) is 16.2 Å². The van der Waals surface area contributed by atoms with Crippen LogP contribution in [0.1, 0.15) is 27.6 Å². The fourth-order valence-corrected chi connectivity index (χ4v) is 4.63. The van der Waals surface area contributed by atoms with Crippen LogP contribution in [-0.2, 0) is 10.0 Å². The lowest BCUT2D eigenvalue weighted by molar-refractivity contribution is 0.101. The monoisotopic (exact) mass is 372 g/mol. The first-order valence-electron chi connectivity index (χ1n) is 8.34. The number of piperazine rings is 1. The Bertz CT molecular complexity index is 915. The molecule has 26 heavy (non-hydrogen) atoms. The molecule has 1 aliphatic heterocycles. The number of benzene rings is 2. The van der Waals surface area contributed by atoms with E-state index < -0.39 is 10.0 Å². The summed E-state index contributed by atoms with van der Waals surface area (Å²) in [6, 6.07) is 13.5. The van der Waals surface area contributed by atoms with Crippen LogP contribution < -0.4 is 4.90 Å². The summed E-state index contributed by atoms with van der Waals surface area (Å²) in [5, 5.41) is 0. The van der Waals surface area contributed by atoms with Gasteiger partial charge in [-0.2, -0.15) is 4.31 Å². The van der Waals surface area contributed by atoms with Crippen molar-refractivity contribution in [1.82, 2.24) is 4.31 Å². The van der Waals surface area contributed by atoms with Gasteiger partial charge in [-0.15, -0.1) is 0 Å². The van der Waals surface area contributed by atoms with Crippen LogP contribution >= 0.6 is 0 Å². The summed E-state index contributed by atoms with van der Waals surface area (Å²) in [6.07, 6.45) is 0.569. The molecule has 0 spiro atoms. The van der Waals surface area contributed by atoms with Crippen molar-refractivity contribution in [2.24, 2.45) is 0 Å². The van der Waals surface area contributed by atoms with E-state index >= 15 is 0 Å². The summed E-state index contributed by atoms with van der Waals surface area (Å²) < 4.78 is 27.1. The van der Waals surface area contributed by atoms with E-state index in [1.54, 1.807) is 24.3 Å². The maximum absolute atomic E-state index is 12.8. The highest BCUT2D eigenvalue weighted by molar-refractivity contribution is 7.89. The number of Topliss-reactive ketones (excluding diaryl/α,β-unsaturated/α-hetero) is 1. The molecule has 1 aliphatic rings. The molecule has 0 atom stereocenters. The van der Waals surface area contributed by atoms with Gasteiger partial charge >= 0.3 is 0 Å². The van der Waals surface area contributed by atoms with Crippen molar-refractivity contribution in [3.63, 3.8) is 0 Å². The van der Waals surface area contributed by atoms with Gasteiger partial charge in [0.05, 0.1) is 4.90 Å². The maximum atomic E-state index is 12.8. The number of sulfonamides is 1. The maximum Gasteiger partial charge on any atom is 0.243 e. The van der Waals surface area contributed by atoms with Crippen LogP contribution in [0.25, 0.3) is 0 Å². The lowest BCUT2D eigenvalue weighted by atomic mass is 10.1. The lowest BCUT2D eigenvalue weighted by Gasteiger charge is -2.35. The van der Waals surface area contributed by atoms with Crippen LogP contribution in [0, 0.1) is 0 Å². The van der Waals surface area contributed by atoms with Crippen LogP contribution in [0.5, 0.6) is 0 Å². The van der Waals surface area contributed by atoms with Gasteiger partial charge in [-0.1, -0.05) is 18.2 Å². The zero-order chi connectivity index (χ0) is 18.7. The van der Waals surface area contributed by atoms with Gasteiger partial charge in [0.15, 0.2) is 12.1 Å². The predicted octanol–water partition coefficient (Wildman–Crippen LogP) is 2.21. The van der Waals surface area contributed by atoms with Crippen molar-refractivity contribution < 1.29 is 18.0 Å². The van der Waals surface area contributed by atoms with Gasteiger partial charge in [0.1, 0.15) is 0 Å². The minimum Gasteiger partial charge on any atom is -0.369 e. The highest BCUT2D eigenvalue weighted by Gasteiger charge is 2.30. The minimum absolute atomic E-state index is 0.0151. The molecule has 2 aromatic carbocycles. The topological polar surface area (TPSA) is 74.8 Å². The summed E-state index contributed by atoms with van der Waals surface area (Å²) >= 11 is 0. The Morgan fingerprint density at radius 3 is 2.15 bits per heavy atom. The van der Waals surface area contributed by atoms with Crippen molar-refractivity contribution in [2.75, 3.05) is 31.1 Å². The molecule has 0 bridgehead atoms. The fraction of sp³-hybridized carbons (Fsp3) is 0.263. The molecule has 0 radical (unpaired) electrons. The minimum atomic E-state index is -3.70. The van der Waals surface area contributed by atoms with Crippen molar-refractivity contribution >= 4 is 27.8 Å². The number of anilines is 1. The normalized spacial score (nSPS) is 15.7. The van der Waals surface area contributed by atoms with Crippen molar-refractivity contribution in [3.05, 3.63) is 59.7 Å². The molecule has 6 nitrogen and oxygen atoms in total. The molecule has 7 heteroatoms. The standard InChI is InChI=1S/C19H20N2O4S/c1-15(23)16-6-8-18(9-7-16)20-10-12-21(13-11-20)26(24,25)19-5-3-2-4-17(19)14-22/h2-9,14H,10-13H2,1H3.